The molecule has 0 unspecified atom stereocenters. The fourth-order valence-corrected chi connectivity index (χ4v) is 3.50. The van der Waals surface area contributed by atoms with Crippen molar-refractivity contribution in [1.82, 2.24) is 24.4 Å². The van der Waals surface area contributed by atoms with E-state index in [4.69, 9.17) is 0 Å². The summed E-state index contributed by atoms with van der Waals surface area (Å²) in [4.78, 5) is 18.0. The Hall–Kier alpha value is -2.73. The van der Waals surface area contributed by atoms with Crippen molar-refractivity contribution in [3.8, 4) is 11.3 Å². The zero-order chi connectivity index (χ0) is 18.3. The summed E-state index contributed by atoms with van der Waals surface area (Å²) in [6.07, 6.45) is 10.1. The second-order valence-electron chi connectivity index (χ2n) is 6.95. The third-order valence-electron chi connectivity index (χ3n) is 5.05. The van der Waals surface area contributed by atoms with Gasteiger partial charge in [-0.25, -0.2) is 15.0 Å². The first-order chi connectivity index (χ1) is 13.4. The molecule has 3 aromatic rings. The fraction of sp³-hybridized carbons (Fsp3) is 0.381. The largest absolute Gasteiger partial charge is 0.338 e. The lowest BCUT2D eigenvalue weighted by Crippen LogP contribution is -2.47. The van der Waals surface area contributed by atoms with Crippen LogP contribution in [-0.2, 0) is 6.54 Å². The van der Waals surface area contributed by atoms with Gasteiger partial charge in [-0.05, 0) is 25.5 Å². The maximum Gasteiger partial charge on any atom is 0.225 e. The minimum absolute atomic E-state index is 0.853. The predicted octanol–water partition coefficient (Wildman–Crippen LogP) is 2.94. The molecule has 140 valence electrons. The number of rotatable bonds is 7. The van der Waals surface area contributed by atoms with Gasteiger partial charge in [0.1, 0.15) is 0 Å². The van der Waals surface area contributed by atoms with Gasteiger partial charge in [0.05, 0.1) is 12.0 Å². The van der Waals surface area contributed by atoms with E-state index in [0.717, 1.165) is 50.9 Å². The zero-order valence-corrected chi connectivity index (χ0v) is 15.6. The summed E-state index contributed by atoms with van der Waals surface area (Å²) in [7, 11) is 0. The van der Waals surface area contributed by atoms with Crippen LogP contribution in [0.25, 0.3) is 11.3 Å². The number of hydrogen-bond donors (Lipinski definition) is 0. The van der Waals surface area contributed by atoms with Crippen molar-refractivity contribution < 1.29 is 0 Å². The molecule has 1 fully saturated rings. The van der Waals surface area contributed by atoms with Gasteiger partial charge in [-0.15, -0.1) is 0 Å². The molecule has 3 heterocycles. The molecule has 1 aliphatic heterocycles. The molecule has 0 spiro atoms. The van der Waals surface area contributed by atoms with Crippen LogP contribution >= 0.6 is 0 Å². The van der Waals surface area contributed by atoms with Crippen LogP contribution in [0, 0.1) is 0 Å². The van der Waals surface area contributed by atoms with Gasteiger partial charge in [-0.3, -0.25) is 4.90 Å². The quantitative estimate of drug-likeness (QED) is 0.605. The highest BCUT2D eigenvalue weighted by atomic mass is 15.3. The number of nitrogens with zero attached hydrogens (tertiary/aromatic N) is 6. The van der Waals surface area contributed by atoms with Crippen molar-refractivity contribution in [2.45, 2.75) is 19.4 Å². The summed E-state index contributed by atoms with van der Waals surface area (Å²) < 4.78 is 2.20. The van der Waals surface area contributed by atoms with Crippen LogP contribution in [0.5, 0.6) is 0 Å². The molecule has 4 rings (SSSR count). The molecule has 0 bridgehead atoms. The number of anilines is 1. The maximum absolute atomic E-state index is 4.53. The summed E-state index contributed by atoms with van der Waals surface area (Å²) in [5, 5.41) is 0. The maximum atomic E-state index is 4.53. The number of unbranched alkanes of at least 4 members (excludes halogenated alkanes) is 1. The molecule has 0 radical (unpaired) electrons. The molecule has 0 N–H and O–H groups in total. The van der Waals surface area contributed by atoms with Crippen LogP contribution < -0.4 is 4.90 Å². The number of aromatic nitrogens is 4. The van der Waals surface area contributed by atoms with Gasteiger partial charge in [-0.2, -0.15) is 0 Å². The molecular formula is C21H26N6. The monoisotopic (exact) mass is 362 g/mol. The summed E-state index contributed by atoms with van der Waals surface area (Å²) in [6, 6.07) is 12.2. The Morgan fingerprint density at radius 3 is 2.30 bits per heavy atom. The van der Waals surface area contributed by atoms with Crippen molar-refractivity contribution in [1.29, 1.82) is 0 Å². The van der Waals surface area contributed by atoms with Crippen molar-refractivity contribution in [2.75, 3.05) is 37.6 Å². The predicted molar refractivity (Wildman–Crippen MR) is 108 cm³/mol. The van der Waals surface area contributed by atoms with Gasteiger partial charge in [0.25, 0.3) is 0 Å². The molecule has 27 heavy (non-hydrogen) atoms. The number of benzene rings is 1. The first kappa shape index (κ1) is 17.7. The summed E-state index contributed by atoms with van der Waals surface area (Å²) in [5.74, 6) is 0.853. The third kappa shape index (κ3) is 4.71. The minimum Gasteiger partial charge on any atom is -0.338 e. The van der Waals surface area contributed by atoms with Crippen molar-refractivity contribution in [3.63, 3.8) is 0 Å². The lowest BCUT2D eigenvalue weighted by atomic mass is 10.2. The van der Waals surface area contributed by atoms with Crippen LogP contribution in [0.15, 0.2) is 61.3 Å². The Morgan fingerprint density at radius 2 is 1.52 bits per heavy atom. The Balaban J connectivity index is 1.17. The molecule has 0 amide bonds. The SMILES string of the molecule is c1ccc(-c2cn(CCCCN3CCN(c4ncccn4)CC3)cn2)cc1. The topological polar surface area (TPSA) is 50.1 Å². The molecule has 0 aliphatic carbocycles. The lowest BCUT2D eigenvalue weighted by molar-refractivity contribution is 0.250. The van der Waals surface area contributed by atoms with Crippen LogP contribution in [0.3, 0.4) is 0 Å². The van der Waals surface area contributed by atoms with E-state index >= 15 is 0 Å². The van der Waals surface area contributed by atoms with Gasteiger partial charge in [0, 0.05) is 56.9 Å². The Morgan fingerprint density at radius 1 is 0.778 bits per heavy atom. The average molecular weight is 362 g/mol. The smallest absolute Gasteiger partial charge is 0.225 e. The molecule has 6 heteroatoms. The van der Waals surface area contributed by atoms with Crippen molar-refractivity contribution in [2.24, 2.45) is 0 Å². The Kier molecular flexibility index (Phi) is 5.74. The highest BCUT2D eigenvalue weighted by Crippen LogP contribution is 2.16. The summed E-state index contributed by atoms with van der Waals surface area (Å²) in [6.45, 7) is 6.36. The van der Waals surface area contributed by atoms with E-state index in [1.807, 2.05) is 30.9 Å². The highest BCUT2D eigenvalue weighted by Gasteiger charge is 2.18. The molecule has 2 aromatic heterocycles. The molecular weight excluding hydrogens is 336 g/mol. The van der Waals surface area contributed by atoms with Crippen molar-refractivity contribution >= 4 is 5.95 Å². The third-order valence-corrected chi connectivity index (χ3v) is 5.05. The second kappa shape index (κ2) is 8.77. The molecule has 1 saturated heterocycles. The standard InChI is InChI=1S/C21H26N6/c1-2-7-19(8-3-1)20-17-26(18-24-20)12-5-4-11-25-13-15-27(16-14-25)21-22-9-6-10-23-21/h1-3,6-10,17-18H,4-5,11-16H2. The van der Waals surface area contributed by atoms with Crippen LogP contribution in [0.4, 0.5) is 5.95 Å². The zero-order valence-electron chi connectivity index (χ0n) is 15.6. The molecule has 1 aromatic carbocycles. The van der Waals surface area contributed by atoms with E-state index in [0.29, 0.717) is 0 Å². The van der Waals surface area contributed by atoms with Crippen molar-refractivity contribution in [3.05, 3.63) is 61.3 Å². The van der Waals surface area contributed by atoms with Gasteiger partial charge >= 0.3 is 0 Å². The van der Waals surface area contributed by atoms with E-state index in [1.54, 1.807) is 0 Å². The summed E-state index contributed by atoms with van der Waals surface area (Å²) in [5.41, 5.74) is 2.23. The van der Waals surface area contributed by atoms with Gasteiger partial charge in [-0.1, -0.05) is 30.3 Å². The minimum atomic E-state index is 0.853. The number of hydrogen-bond acceptors (Lipinski definition) is 5. The van der Waals surface area contributed by atoms with E-state index in [-0.39, 0.29) is 0 Å². The normalized spacial score (nSPS) is 15.2. The number of imidazole rings is 1. The number of piperazine rings is 1. The molecule has 0 atom stereocenters. The van der Waals surface area contributed by atoms with E-state index in [1.165, 1.54) is 18.4 Å². The molecule has 1 aliphatic rings. The molecule has 0 saturated carbocycles. The second-order valence-corrected chi connectivity index (χ2v) is 6.95. The number of aryl methyl sites for hydroxylation is 1. The van der Waals surface area contributed by atoms with Gasteiger partial charge in [0.15, 0.2) is 0 Å². The van der Waals surface area contributed by atoms with Crippen LogP contribution in [-0.4, -0.2) is 57.1 Å². The van der Waals surface area contributed by atoms with Gasteiger partial charge < -0.3 is 9.47 Å². The van der Waals surface area contributed by atoms with Gasteiger partial charge in [0.2, 0.25) is 5.95 Å². The van der Waals surface area contributed by atoms with Crippen LogP contribution in [0.2, 0.25) is 0 Å². The average Bonchev–Trinajstić information content (AvgIpc) is 3.22. The van der Waals surface area contributed by atoms with E-state index in [2.05, 4.69) is 59.8 Å². The first-order valence-electron chi connectivity index (χ1n) is 9.70. The van der Waals surface area contributed by atoms with E-state index < -0.39 is 0 Å². The fourth-order valence-electron chi connectivity index (χ4n) is 3.50. The summed E-state index contributed by atoms with van der Waals surface area (Å²) >= 11 is 0. The van der Waals surface area contributed by atoms with E-state index in [9.17, 15) is 0 Å². The lowest BCUT2D eigenvalue weighted by Gasteiger charge is -2.34. The molecule has 6 nitrogen and oxygen atoms in total. The highest BCUT2D eigenvalue weighted by molar-refractivity contribution is 5.57. The first-order valence-corrected chi connectivity index (χ1v) is 9.70. The Bertz CT molecular complexity index is 809. The van der Waals surface area contributed by atoms with Crippen LogP contribution in [0.1, 0.15) is 12.8 Å². The Labute approximate surface area is 160 Å².